The topological polar surface area (TPSA) is 65.5 Å². The number of carbonyl (C=O) groups is 1. The number of guanidine groups is 1. The van der Waals surface area contributed by atoms with Crippen LogP contribution in [0, 0.1) is 0 Å². The number of nitrogens with zero attached hydrogens (tertiary/aromatic N) is 1. The minimum absolute atomic E-state index is 0.0550. The quantitative estimate of drug-likeness (QED) is 0.450. The smallest absolute Gasteiger partial charge is 0.221 e. The van der Waals surface area contributed by atoms with Crippen molar-refractivity contribution < 1.29 is 4.79 Å². The van der Waals surface area contributed by atoms with Gasteiger partial charge in [0.1, 0.15) is 0 Å². The molecular weight excluding hydrogens is 416 g/mol. The standard InChI is InChI=1S/C22H27BrN4O/c1-16(28)27-20-8-6-17(7-9-20)10-13-25-21(24-2)26-15-22(11-12-22)18-4-3-5-19(23)14-18/h3-9,14H,10-13,15H2,1-2H3,(H,27,28)(H2,24,25,26). The number of rotatable bonds is 7. The summed E-state index contributed by atoms with van der Waals surface area (Å²) in [5.41, 5.74) is 3.64. The molecule has 0 bridgehead atoms. The van der Waals surface area contributed by atoms with Crippen molar-refractivity contribution in [2.24, 2.45) is 4.99 Å². The van der Waals surface area contributed by atoms with Crippen LogP contribution in [0.3, 0.4) is 0 Å². The Kier molecular flexibility index (Phi) is 6.73. The molecule has 0 saturated heterocycles. The number of halogens is 1. The van der Waals surface area contributed by atoms with Gasteiger partial charge in [0.25, 0.3) is 0 Å². The van der Waals surface area contributed by atoms with Gasteiger partial charge in [-0.25, -0.2) is 0 Å². The van der Waals surface area contributed by atoms with Gasteiger partial charge in [0.2, 0.25) is 5.91 Å². The zero-order valence-electron chi connectivity index (χ0n) is 16.4. The van der Waals surface area contributed by atoms with Crippen molar-refractivity contribution >= 4 is 33.5 Å². The fraction of sp³-hybridized carbons (Fsp3) is 0.364. The first-order valence-electron chi connectivity index (χ1n) is 9.58. The van der Waals surface area contributed by atoms with Gasteiger partial charge >= 0.3 is 0 Å². The van der Waals surface area contributed by atoms with Crippen molar-refractivity contribution in [2.75, 3.05) is 25.5 Å². The van der Waals surface area contributed by atoms with Crippen LogP contribution in [0.15, 0.2) is 58.0 Å². The van der Waals surface area contributed by atoms with Crippen molar-refractivity contribution in [1.29, 1.82) is 0 Å². The van der Waals surface area contributed by atoms with E-state index in [0.717, 1.165) is 35.6 Å². The third kappa shape index (κ3) is 5.58. The van der Waals surface area contributed by atoms with Gasteiger partial charge < -0.3 is 16.0 Å². The van der Waals surface area contributed by atoms with E-state index in [2.05, 4.69) is 61.1 Å². The van der Waals surface area contributed by atoms with E-state index >= 15 is 0 Å². The lowest BCUT2D eigenvalue weighted by Gasteiger charge is -2.19. The van der Waals surface area contributed by atoms with E-state index in [0.29, 0.717) is 0 Å². The molecule has 1 aliphatic rings. The summed E-state index contributed by atoms with van der Waals surface area (Å²) in [7, 11) is 1.80. The summed E-state index contributed by atoms with van der Waals surface area (Å²) in [6.07, 6.45) is 3.29. The summed E-state index contributed by atoms with van der Waals surface area (Å²) in [6, 6.07) is 16.5. The van der Waals surface area contributed by atoms with E-state index in [-0.39, 0.29) is 11.3 Å². The lowest BCUT2D eigenvalue weighted by atomic mass is 9.96. The molecule has 1 fully saturated rings. The van der Waals surface area contributed by atoms with Gasteiger partial charge in [0, 0.05) is 42.6 Å². The number of benzene rings is 2. The molecule has 6 heteroatoms. The highest BCUT2D eigenvalue weighted by atomic mass is 79.9. The summed E-state index contributed by atoms with van der Waals surface area (Å²) in [5, 5.41) is 9.65. The lowest BCUT2D eigenvalue weighted by molar-refractivity contribution is -0.114. The maximum atomic E-state index is 11.1. The van der Waals surface area contributed by atoms with Crippen molar-refractivity contribution in [2.45, 2.75) is 31.6 Å². The van der Waals surface area contributed by atoms with Crippen LogP contribution in [-0.2, 0) is 16.6 Å². The predicted molar refractivity (Wildman–Crippen MR) is 119 cm³/mol. The normalized spacial score (nSPS) is 15.0. The van der Waals surface area contributed by atoms with Gasteiger partial charge in [-0.15, -0.1) is 0 Å². The van der Waals surface area contributed by atoms with E-state index in [9.17, 15) is 4.79 Å². The zero-order valence-corrected chi connectivity index (χ0v) is 18.0. The maximum Gasteiger partial charge on any atom is 0.221 e. The van der Waals surface area contributed by atoms with Gasteiger partial charge in [-0.3, -0.25) is 9.79 Å². The van der Waals surface area contributed by atoms with E-state index in [1.807, 2.05) is 24.3 Å². The Morgan fingerprint density at radius 2 is 1.89 bits per heavy atom. The van der Waals surface area contributed by atoms with Crippen molar-refractivity contribution in [1.82, 2.24) is 10.6 Å². The molecule has 0 spiro atoms. The third-order valence-electron chi connectivity index (χ3n) is 5.09. The number of nitrogens with one attached hydrogen (secondary N) is 3. The van der Waals surface area contributed by atoms with E-state index < -0.39 is 0 Å². The largest absolute Gasteiger partial charge is 0.356 e. The molecule has 5 nitrogen and oxygen atoms in total. The van der Waals surface area contributed by atoms with Crippen molar-refractivity contribution in [3.63, 3.8) is 0 Å². The first-order chi connectivity index (χ1) is 13.5. The molecule has 28 heavy (non-hydrogen) atoms. The number of aliphatic imine (C=N–C) groups is 1. The Bertz CT molecular complexity index is 844. The van der Waals surface area contributed by atoms with Gasteiger partial charge in [0.15, 0.2) is 5.96 Å². The van der Waals surface area contributed by atoms with E-state index in [4.69, 9.17) is 0 Å². The summed E-state index contributed by atoms with van der Waals surface area (Å²) >= 11 is 3.57. The van der Waals surface area contributed by atoms with Crippen LogP contribution < -0.4 is 16.0 Å². The number of hydrogen-bond acceptors (Lipinski definition) is 2. The molecule has 0 radical (unpaired) electrons. The molecule has 0 unspecified atom stereocenters. The SMILES string of the molecule is CN=C(NCCc1ccc(NC(C)=O)cc1)NCC1(c2cccc(Br)c2)CC1. The monoisotopic (exact) mass is 442 g/mol. The summed E-state index contributed by atoms with van der Waals surface area (Å²) in [5.74, 6) is 0.775. The number of hydrogen-bond donors (Lipinski definition) is 3. The molecule has 0 aromatic heterocycles. The second kappa shape index (κ2) is 9.24. The third-order valence-corrected chi connectivity index (χ3v) is 5.58. The predicted octanol–water partition coefficient (Wildman–Crippen LogP) is 3.85. The van der Waals surface area contributed by atoms with Crippen LogP contribution in [0.5, 0.6) is 0 Å². The number of amides is 1. The highest BCUT2D eigenvalue weighted by Gasteiger charge is 2.44. The maximum absolute atomic E-state index is 11.1. The first kappa shape index (κ1) is 20.4. The average Bonchev–Trinajstić information content (AvgIpc) is 3.47. The Labute approximate surface area is 175 Å². The second-order valence-electron chi connectivity index (χ2n) is 7.27. The van der Waals surface area contributed by atoms with Gasteiger partial charge in [0.05, 0.1) is 0 Å². The Hall–Kier alpha value is -2.34. The van der Waals surface area contributed by atoms with Crippen LogP contribution in [-0.4, -0.2) is 32.0 Å². The first-order valence-corrected chi connectivity index (χ1v) is 10.4. The minimum atomic E-state index is -0.0550. The van der Waals surface area contributed by atoms with Gasteiger partial charge in [-0.1, -0.05) is 40.2 Å². The second-order valence-corrected chi connectivity index (χ2v) is 8.19. The highest BCUT2D eigenvalue weighted by molar-refractivity contribution is 9.10. The fourth-order valence-electron chi connectivity index (χ4n) is 3.29. The molecule has 148 valence electrons. The van der Waals surface area contributed by atoms with Crippen LogP contribution in [0.1, 0.15) is 30.9 Å². The Balaban J connectivity index is 1.46. The highest BCUT2D eigenvalue weighted by Crippen LogP contribution is 2.48. The molecule has 0 aliphatic heterocycles. The fourth-order valence-corrected chi connectivity index (χ4v) is 3.69. The molecule has 2 aromatic carbocycles. The summed E-state index contributed by atoms with van der Waals surface area (Å²) in [4.78, 5) is 15.4. The molecule has 0 atom stereocenters. The molecule has 1 amide bonds. The zero-order chi connectivity index (χ0) is 20.0. The summed E-state index contributed by atoms with van der Waals surface area (Å²) in [6.45, 7) is 3.19. The molecule has 1 saturated carbocycles. The van der Waals surface area contributed by atoms with Gasteiger partial charge in [-0.05, 0) is 54.7 Å². The lowest BCUT2D eigenvalue weighted by Crippen LogP contribution is -2.41. The van der Waals surface area contributed by atoms with Crippen LogP contribution >= 0.6 is 15.9 Å². The summed E-state index contributed by atoms with van der Waals surface area (Å²) < 4.78 is 1.13. The minimum Gasteiger partial charge on any atom is -0.356 e. The van der Waals surface area contributed by atoms with Crippen molar-refractivity contribution in [3.05, 3.63) is 64.1 Å². The molecule has 1 aliphatic carbocycles. The van der Waals surface area contributed by atoms with Crippen LogP contribution in [0.4, 0.5) is 5.69 Å². The number of carbonyl (C=O) groups excluding carboxylic acids is 1. The van der Waals surface area contributed by atoms with Crippen LogP contribution in [0.25, 0.3) is 0 Å². The van der Waals surface area contributed by atoms with E-state index in [1.54, 1.807) is 7.05 Å². The molecular formula is C22H27BrN4O. The molecule has 3 N–H and O–H groups in total. The van der Waals surface area contributed by atoms with Crippen molar-refractivity contribution in [3.8, 4) is 0 Å². The molecule has 0 heterocycles. The molecule has 2 aromatic rings. The Morgan fingerprint density at radius 3 is 2.50 bits per heavy atom. The van der Waals surface area contributed by atoms with E-state index in [1.165, 1.54) is 30.9 Å². The Morgan fingerprint density at radius 1 is 1.14 bits per heavy atom. The molecule has 3 rings (SSSR count). The number of anilines is 1. The average molecular weight is 443 g/mol. The van der Waals surface area contributed by atoms with Gasteiger partial charge in [-0.2, -0.15) is 0 Å². The van der Waals surface area contributed by atoms with Crippen LogP contribution in [0.2, 0.25) is 0 Å².